The zero-order chi connectivity index (χ0) is 24.0. The molecule has 1 amide bonds. The number of hydrogen-bond acceptors (Lipinski definition) is 7. The van der Waals surface area contributed by atoms with E-state index in [4.69, 9.17) is 31.7 Å². The van der Waals surface area contributed by atoms with Gasteiger partial charge in [0.15, 0.2) is 11.5 Å². The largest absolute Gasteiger partial charge is 0.493 e. The van der Waals surface area contributed by atoms with E-state index in [0.717, 1.165) is 30.9 Å². The molecule has 5 heterocycles. The lowest BCUT2D eigenvalue weighted by Gasteiger charge is -2.58. The maximum absolute atomic E-state index is 13.5. The number of benzene rings is 1. The van der Waals surface area contributed by atoms with Crippen molar-refractivity contribution in [3.63, 3.8) is 0 Å². The predicted octanol–water partition coefficient (Wildman–Crippen LogP) is 0.632. The van der Waals surface area contributed by atoms with Gasteiger partial charge in [-0.3, -0.25) is 18.8 Å². The molecular weight excluding hydrogens is 480 g/mol. The second kappa shape index (κ2) is 8.15. The number of anilines is 1. The molecule has 4 fully saturated rings. The topological polar surface area (TPSA) is 157 Å². The third kappa shape index (κ3) is 3.35. The normalized spacial score (nSPS) is 35.7. The summed E-state index contributed by atoms with van der Waals surface area (Å²) in [5, 5.41) is 0. The summed E-state index contributed by atoms with van der Waals surface area (Å²) in [5.41, 5.74) is 3.85. The molecule has 0 aromatic heterocycles. The minimum atomic E-state index is -4.67. The van der Waals surface area contributed by atoms with Crippen LogP contribution in [0.3, 0.4) is 0 Å². The van der Waals surface area contributed by atoms with Gasteiger partial charge < -0.3 is 24.6 Å². The number of amides is 1. The molecule has 1 saturated carbocycles. The van der Waals surface area contributed by atoms with Crippen LogP contribution < -0.4 is 14.4 Å². The van der Waals surface area contributed by atoms with Crippen LogP contribution in [0.1, 0.15) is 24.8 Å². The van der Waals surface area contributed by atoms with Crippen molar-refractivity contribution in [2.24, 2.45) is 11.8 Å². The Balaban J connectivity index is 0.000000388. The molecule has 11 nitrogen and oxygen atoms in total. The van der Waals surface area contributed by atoms with Crippen molar-refractivity contribution in [3.05, 3.63) is 29.3 Å². The molecule has 4 N–H and O–H groups in total. The number of nitrogens with zero attached hydrogens (tertiary/aromatic N) is 2. The van der Waals surface area contributed by atoms with Gasteiger partial charge in [-0.15, -0.1) is 0 Å². The molecule has 35 heavy (non-hydrogen) atoms. The van der Waals surface area contributed by atoms with E-state index in [1.165, 1.54) is 12.0 Å². The molecule has 1 aliphatic carbocycles. The summed E-state index contributed by atoms with van der Waals surface area (Å²) < 4.78 is 49.2. The van der Waals surface area contributed by atoms with Crippen molar-refractivity contribution >= 4 is 22.0 Å². The van der Waals surface area contributed by atoms with Crippen LogP contribution in [-0.4, -0.2) is 85.9 Å². The van der Waals surface area contributed by atoms with Crippen molar-refractivity contribution in [2.45, 2.75) is 42.9 Å². The van der Waals surface area contributed by atoms with E-state index in [0.29, 0.717) is 36.7 Å². The highest BCUT2D eigenvalue weighted by molar-refractivity contribution is 7.79. The number of hydrogen-bond donors (Lipinski definition) is 2. The molecule has 5 aliphatic heterocycles. The first kappa shape index (κ1) is 24.5. The Morgan fingerprint density at radius 1 is 1.17 bits per heavy atom. The van der Waals surface area contributed by atoms with Crippen LogP contribution in [0.25, 0.3) is 0 Å². The Kier molecular flexibility index (Phi) is 5.70. The Morgan fingerprint density at radius 2 is 1.86 bits per heavy atom. The highest BCUT2D eigenvalue weighted by atomic mass is 32.3. The van der Waals surface area contributed by atoms with Crippen LogP contribution in [-0.2, 0) is 25.3 Å². The number of carbonyl (C=O) groups is 1. The van der Waals surface area contributed by atoms with Crippen molar-refractivity contribution < 1.29 is 42.0 Å². The molecule has 1 spiro atoms. The number of piperidine rings is 2. The molecule has 1 aromatic rings. The Labute approximate surface area is 203 Å². The van der Waals surface area contributed by atoms with Gasteiger partial charge in [-0.2, -0.15) is 8.42 Å². The summed E-state index contributed by atoms with van der Waals surface area (Å²) in [6.07, 6.45) is 5.11. The molecule has 192 valence electrons. The molecule has 3 saturated heterocycles. The standard InChI is InChI=1S/C23H26N2O4.H2O4S.H2O/c1-27-16-8-14-15(9-17(16)28-2)25-20(26)10-18-21-13-7-19-23(14,22(21)25)4-5-24(19)11-12(13)3-6-29-18;1-5(2,3)4;/h3,8-9,13,18-19,21-22H,4-7,10-11H2,1-2H3;(H2,1,2,3,4);1H2/t13-,18?,19-,21-,22?,23+;;/m0../s1. The minimum Gasteiger partial charge on any atom is -0.493 e. The lowest BCUT2D eigenvalue weighted by atomic mass is 9.53. The van der Waals surface area contributed by atoms with Crippen LogP contribution >= 0.6 is 0 Å². The van der Waals surface area contributed by atoms with E-state index in [1.54, 1.807) is 19.8 Å². The Morgan fingerprint density at radius 3 is 2.54 bits per heavy atom. The summed E-state index contributed by atoms with van der Waals surface area (Å²) in [5.74, 6) is 2.57. The second-order valence-corrected chi connectivity index (χ2v) is 10.8. The second-order valence-electron chi connectivity index (χ2n) is 9.93. The SMILES string of the molecule is COc1cc2c(cc1OC)[C@@]13CCN4CC5=CCOC6CC(=O)N2C1[C@H]6[C@H]5C[C@H]43.O.O=S(=O)(O)O. The van der Waals surface area contributed by atoms with Crippen LogP contribution in [0, 0.1) is 11.8 Å². The van der Waals surface area contributed by atoms with Gasteiger partial charge in [0, 0.05) is 30.0 Å². The fourth-order valence-corrected chi connectivity index (χ4v) is 7.87. The van der Waals surface area contributed by atoms with Crippen LogP contribution in [0.4, 0.5) is 5.69 Å². The fraction of sp³-hybridized carbons (Fsp3) is 0.609. The number of carbonyl (C=O) groups excluding carboxylic acids is 1. The summed E-state index contributed by atoms with van der Waals surface area (Å²) in [7, 11) is -1.31. The van der Waals surface area contributed by atoms with Crippen molar-refractivity contribution in [3.8, 4) is 11.5 Å². The van der Waals surface area contributed by atoms with E-state index in [9.17, 15) is 4.79 Å². The third-order valence-electron chi connectivity index (χ3n) is 8.81. The summed E-state index contributed by atoms with van der Waals surface area (Å²) in [4.78, 5) is 18.3. The molecule has 2 unspecified atom stereocenters. The van der Waals surface area contributed by atoms with Crippen molar-refractivity contribution in [1.82, 2.24) is 4.90 Å². The molecular formula is C23H30N2O9S. The molecule has 0 radical (unpaired) electrons. The van der Waals surface area contributed by atoms with Crippen molar-refractivity contribution in [1.29, 1.82) is 0 Å². The molecule has 6 atom stereocenters. The highest BCUT2D eigenvalue weighted by Crippen LogP contribution is 2.66. The highest BCUT2D eigenvalue weighted by Gasteiger charge is 2.71. The Bertz CT molecular complexity index is 1190. The average Bonchev–Trinajstić information content (AvgIpc) is 3.24. The number of methoxy groups -OCH3 is 2. The average molecular weight is 511 g/mol. The maximum Gasteiger partial charge on any atom is 0.394 e. The van der Waals surface area contributed by atoms with Crippen molar-refractivity contribution in [2.75, 3.05) is 38.8 Å². The monoisotopic (exact) mass is 510 g/mol. The van der Waals surface area contributed by atoms with Gasteiger partial charge in [-0.25, -0.2) is 0 Å². The summed E-state index contributed by atoms with van der Waals surface area (Å²) in [6, 6.07) is 4.87. The number of fused-ring (bicyclic) bond motifs is 2. The van der Waals surface area contributed by atoms with Crippen LogP contribution in [0.2, 0.25) is 0 Å². The summed E-state index contributed by atoms with van der Waals surface area (Å²) in [6.45, 7) is 2.80. The van der Waals surface area contributed by atoms with E-state index in [1.807, 2.05) is 6.07 Å². The zero-order valence-corrected chi connectivity index (χ0v) is 20.3. The maximum atomic E-state index is 13.5. The van der Waals surface area contributed by atoms with E-state index < -0.39 is 10.4 Å². The summed E-state index contributed by atoms with van der Waals surface area (Å²) >= 11 is 0. The zero-order valence-electron chi connectivity index (χ0n) is 19.5. The lowest BCUT2D eigenvalue weighted by Crippen LogP contribution is -2.69. The molecule has 2 bridgehead atoms. The first-order chi connectivity index (χ1) is 16.2. The third-order valence-corrected chi connectivity index (χ3v) is 8.81. The van der Waals surface area contributed by atoms with E-state index >= 15 is 0 Å². The van der Waals surface area contributed by atoms with Crippen LogP contribution in [0.15, 0.2) is 23.8 Å². The van der Waals surface area contributed by atoms with E-state index in [2.05, 4.69) is 21.9 Å². The van der Waals surface area contributed by atoms with Gasteiger partial charge in [-0.05, 0) is 36.9 Å². The predicted molar refractivity (Wildman–Crippen MR) is 124 cm³/mol. The Hall–Kier alpha value is -2.22. The number of rotatable bonds is 2. The molecule has 12 heteroatoms. The minimum absolute atomic E-state index is 0. The first-order valence-corrected chi connectivity index (χ1v) is 12.9. The van der Waals surface area contributed by atoms with Gasteiger partial charge in [0.1, 0.15) is 0 Å². The smallest absolute Gasteiger partial charge is 0.394 e. The quantitative estimate of drug-likeness (QED) is 0.430. The number of ether oxygens (including phenoxy) is 3. The molecule has 1 aromatic carbocycles. The molecule has 6 aliphatic rings. The van der Waals surface area contributed by atoms with Crippen LogP contribution in [0.5, 0.6) is 11.5 Å². The van der Waals surface area contributed by atoms with Gasteiger partial charge in [0.2, 0.25) is 5.91 Å². The van der Waals surface area contributed by atoms with Gasteiger partial charge in [0.05, 0.1) is 45.1 Å². The van der Waals surface area contributed by atoms with E-state index in [-0.39, 0.29) is 28.9 Å². The lowest BCUT2D eigenvalue weighted by molar-refractivity contribution is -0.132. The van der Waals surface area contributed by atoms with Gasteiger partial charge >= 0.3 is 10.4 Å². The first-order valence-electron chi connectivity index (χ1n) is 11.5. The van der Waals surface area contributed by atoms with Gasteiger partial charge in [0.25, 0.3) is 0 Å². The van der Waals surface area contributed by atoms with Gasteiger partial charge in [-0.1, -0.05) is 11.6 Å². The fourth-order valence-electron chi connectivity index (χ4n) is 7.87. The molecule has 7 rings (SSSR count).